The monoisotopic (exact) mass is 233 g/mol. The molecule has 0 N–H and O–H groups in total. The summed E-state index contributed by atoms with van der Waals surface area (Å²) in [5.41, 5.74) is 1.83. The molecule has 4 heteroatoms. The van der Waals surface area contributed by atoms with Gasteiger partial charge < -0.3 is 4.90 Å². The van der Waals surface area contributed by atoms with Crippen molar-refractivity contribution in [2.24, 2.45) is 0 Å². The number of carbonyl (C=O) groups excluding carboxylic acids is 1. The molecule has 0 radical (unpaired) electrons. The molecule has 0 aliphatic carbocycles. The summed E-state index contributed by atoms with van der Waals surface area (Å²) in [7, 11) is 1.81. The van der Waals surface area contributed by atoms with Gasteiger partial charge in [-0.1, -0.05) is 0 Å². The molecule has 4 nitrogen and oxygen atoms in total. The van der Waals surface area contributed by atoms with E-state index in [0.717, 1.165) is 24.5 Å². The molecule has 1 aromatic rings. The van der Waals surface area contributed by atoms with Crippen LogP contribution in [0.3, 0.4) is 0 Å². The first-order chi connectivity index (χ1) is 8.16. The van der Waals surface area contributed by atoms with Crippen LogP contribution in [0, 0.1) is 6.92 Å². The number of likely N-dealkylation sites (tertiary alicyclic amines) is 1. The van der Waals surface area contributed by atoms with Gasteiger partial charge in [-0.25, -0.2) is 0 Å². The lowest BCUT2D eigenvalue weighted by Gasteiger charge is -2.21. The van der Waals surface area contributed by atoms with Gasteiger partial charge in [-0.3, -0.25) is 14.7 Å². The Morgan fingerprint density at radius 2 is 2.12 bits per heavy atom. The van der Waals surface area contributed by atoms with Gasteiger partial charge in [0, 0.05) is 12.7 Å². The predicted molar refractivity (Wildman–Crippen MR) is 68.1 cm³/mol. The quantitative estimate of drug-likeness (QED) is 0.793. The minimum atomic E-state index is 0.137. The third-order valence-corrected chi connectivity index (χ3v) is 3.21. The van der Waals surface area contributed by atoms with Crippen molar-refractivity contribution in [1.82, 2.24) is 9.88 Å². The van der Waals surface area contributed by atoms with Crippen LogP contribution in [0.25, 0.3) is 0 Å². The summed E-state index contributed by atoms with van der Waals surface area (Å²) in [6.07, 6.45) is 4.17. The SMILES string of the molecule is Cc1ccc(N(C)C(=O)CN2CCCC2)cn1. The Morgan fingerprint density at radius 3 is 2.71 bits per heavy atom. The molecule has 1 aliphatic heterocycles. The number of carbonyl (C=O) groups is 1. The van der Waals surface area contributed by atoms with E-state index in [1.165, 1.54) is 12.8 Å². The fourth-order valence-electron chi connectivity index (χ4n) is 2.04. The van der Waals surface area contributed by atoms with Crippen LogP contribution in [0.1, 0.15) is 18.5 Å². The lowest BCUT2D eigenvalue weighted by atomic mass is 10.3. The second kappa shape index (κ2) is 5.27. The van der Waals surface area contributed by atoms with Crippen LogP contribution in [0.2, 0.25) is 0 Å². The van der Waals surface area contributed by atoms with Crippen molar-refractivity contribution in [3.8, 4) is 0 Å². The van der Waals surface area contributed by atoms with E-state index in [2.05, 4.69) is 9.88 Å². The maximum absolute atomic E-state index is 12.0. The number of rotatable bonds is 3. The molecule has 2 rings (SSSR count). The highest BCUT2D eigenvalue weighted by Gasteiger charge is 2.18. The Hall–Kier alpha value is -1.42. The fraction of sp³-hybridized carbons (Fsp3) is 0.538. The number of amides is 1. The Morgan fingerprint density at radius 1 is 1.41 bits per heavy atom. The van der Waals surface area contributed by atoms with E-state index in [1.807, 2.05) is 26.1 Å². The van der Waals surface area contributed by atoms with E-state index >= 15 is 0 Å². The topological polar surface area (TPSA) is 36.4 Å². The molecule has 17 heavy (non-hydrogen) atoms. The van der Waals surface area contributed by atoms with Gasteiger partial charge in [-0.2, -0.15) is 0 Å². The summed E-state index contributed by atoms with van der Waals surface area (Å²) >= 11 is 0. The number of hydrogen-bond acceptors (Lipinski definition) is 3. The van der Waals surface area contributed by atoms with Crippen LogP contribution in [0.4, 0.5) is 5.69 Å². The van der Waals surface area contributed by atoms with Gasteiger partial charge in [0.25, 0.3) is 0 Å². The van der Waals surface area contributed by atoms with Gasteiger partial charge in [-0.15, -0.1) is 0 Å². The first-order valence-electron chi connectivity index (χ1n) is 6.08. The van der Waals surface area contributed by atoms with Crippen molar-refractivity contribution in [2.45, 2.75) is 19.8 Å². The number of aryl methyl sites for hydroxylation is 1. The number of likely N-dealkylation sites (N-methyl/N-ethyl adjacent to an activating group) is 1. The average molecular weight is 233 g/mol. The van der Waals surface area contributed by atoms with Crippen LogP contribution >= 0.6 is 0 Å². The second-order valence-corrected chi connectivity index (χ2v) is 4.59. The van der Waals surface area contributed by atoms with Crippen LogP contribution in [-0.4, -0.2) is 42.5 Å². The molecule has 1 amide bonds. The van der Waals surface area contributed by atoms with E-state index < -0.39 is 0 Å². The fourth-order valence-corrected chi connectivity index (χ4v) is 2.04. The number of nitrogens with zero attached hydrogens (tertiary/aromatic N) is 3. The molecule has 1 aliphatic rings. The molecular weight excluding hydrogens is 214 g/mol. The van der Waals surface area contributed by atoms with Crippen LogP contribution in [0.5, 0.6) is 0 Å². The lowest BCUT2D eigenvalue weighted by molar-refractivity contribution is -0.119. The summed E-state index contributed by atoms with van der Waals surface area (Å²) in [4.78, 5) is 20.1. The number of pyridine rings is 1. The molecule has 0 atom stereocenters. The van der Waals surface area contributed by atoms with Gasteiger partial charge >= 0.3 is 0 Å². The third kappa shape index (κ3) is 3.03. The van der Waals surface area contributed by atoms with Crippen molar-refractivity contribution in [2.75, 3.05) is 31.6 Å². The van der Waals surface area contributed by atoms with E-state index in [0.29, 0.717) is 6.54 Å². The predicted octanol–water partition coefficient (Wildman–Crippen LogP) is 1.45. The van der Waals surface area contributed by atoms with Gasteiger partial charge in [0.1, 0.15) is 0 Å². The molecule has 1 saturated heterocycles. The van der Waals surface area contributed by atoms with Crippen LogP contribution < -0.4 is 4.90 Å². The van der Waals surface area contributed by atoms with E-state index in [1.54, 1.807) is 11.1 Å². The minimum absolute atomic E-state index is 0.137. The second-order valence-electron chi connectivity index (χ2n) is 4.59. The zero-order valence-electron chi connectivity index (χ0n) is 10.5. The highest BCUT2D eigenvalue weighted by molar-refractivity contribution is 5.94. The van der Waals surface area contributed by atoms with Crippen molar-refractivity contribution in [3.05, 3.63) is 24.0 Å². The molecule has 1 aromatic heterocycles. The summed E-state index contributed by atoms with van der Waals surface area (Å²) in [6, 6.07) is 3.86. The van der Waals surface area contributed by atoms with Gasteiger partial charge in [-0.05, 0) is 45.0 Å². The number of aromatic nitrogens is 1. The zero-order chi connectivity index (χ0) is 12.3. The van der Waals surface area contributed by atoms with Gasteiger partial charge in [0.05, 0.1) is 18.4 Å². The Kier molecular flexibility index (Phi) is 3.74. The molecule has 92 valence electrons. The lowest BCUT2D eigenvalue weighted by Crippen LogP contribution is -2.37. The van der Waals surface area contributed by atoms with Gasteiger partial charge in [0.2, 0.25) is 5.91 Å². The molecule has 0 unspecified atom stereocenters. The van der Waals surface area contributed by atoms with Crippen molar-refractivity contribution in [3.63, 3.8) is 0 Å². The molecule has 1 fully saturated rings. The highest BCUT2D eigenvalue weighted by Crippen LogP contribution is 2.13. The standard InChI is InChI=1S/C13H19N3O/c1-11-5-6-12(9-14-11)15(2)13(17)10-16-7-3-4-8-16/h5-6,9H,3-4,7-8,10H2,1-2H3. The molecule has 0 saturated carbocycles. The molecule has 0 spiro atoms. The Labute approximate surface area is 102 Å². The van der Waals surface area contributed by atoms with Crippen LogP contribution in [-0.2, 0) is 4.79 Å². The van der Waals surface area contributed by atoms with E-state index in [-0.39, 0.29) is 5.91 Å². The number of anilines is 1. The Bertz CT molecular complexity index is 382. The van der Waals surface area contributed by atoms with Gasteiger partial charge in [0.15, 0.2) is 0 Å². The maximum atomic E-state index is 12.0. The Balaban J connectivity index is 1.96. The molecular formula is C13H19N3O. The molecule has 0 aromatic carbocycles. The van der Waals surface area contributed by atoms with E-state index in [4.69, 9.17) is 0 Å². The van der Waals surface area contributed by atoms with Crippen molar-refractivity contribution < 1.29 is 4.79 Å². The minimum Gasteiger partial charge on any atom is -0.313 e. The number of hydrogen-bond donors (Lipinski definition) is 0. The first-order valence-corrected chi connectivity index (χ1v) is 6.08. The summed E-state index contributed by atoms with van der Waals surface area (Å²) in [6.45, 7) is 4.55. The largest absolute Gasteiger partial charge is 0.313 e. The highest BCUT2D eigenvalue weighted by atomic mass is 16.2. The smallest absolute Gasteiger partial charge is 0.240 e. The summed E-state index contributed by atoms with van der Waals surface area (Å²) in [5.74, 6) is 0.137. The van der Waals surface area contributed by atoms with Crippen molar-refractivity contribution >= 4 is 11.6 Å². The first kappa shape index (κ1) is 12.0. The zero-order valence-corrected chi connectivity index (χ0v) is 10.5. The molecule has 0 bridgehead atoms. The summed E-state index contributed by atoms with van der Waals surface area (Å²) < 4.78 is 0. The third-order valence-electron chi connectivity index (χ3n) is 3.21. The molecule has 2 heterocycles. The normalized spacial score (nSPS) is 16.1. The van der Waals surface area contributed by atoms with Crippen molar-refractivity contribution in [1.29, 1.82) is 0 Å². The van der Waals surface area contributed by atoms with E-state index in [9.17, 15) is 4.79 Å². The average Bonchev–Trinajstić information content (AvgIpc) is 2.82. The summed E-state index contributed by atoms with van der Waals surface area (Å²) in [5, 5.41) is 0. The maximum Gasteiger partial charge on any atom is 0.240 e. The van der Waals surface area contributed by atoms with Crippen LogP contribution in [0.15, 0.2) is 18.3 Å².